The molecule has 1 aromatic heterocycles. The summed E-state index contributed by atoms with van der Waals surface area (Å²) in [5.74, 6) is 0.755. The topological polar surface area (TPSA) is 48.8 Å². The zero-order chi connectivity index (χ0) is 26.5. The number of ether oxygens (including phenoxy) is 1. The molecule has 42 heavy (non-hydrogen) atoms. The number of hydrogen-bond donors (Lipinski definition) is 1. The Bertz CT molecular complexity index is 1530. The van der Waals surface area contributed by atoms with Crippen molar-refractivity contribution in [2.75, 3.05) is 39.3 Å². The first-order valence-corrected chi connectivity index (χ1v) is 14.6. The Morgan fingerprint density at radius 1 is 0.833 bits per heavy atom. The molecule has 0 bridgehead atoms. The Hall–Kier alpha value is -1.80. The Labute approximate surface area is 275 Å². The van der Waals surface area contributed by atoms with Crippen LogP contribution in [-0.2, 0) is 6.42 Å². The van der Waals surface area contributed by atoms with Crippen LogP contribution in [0.15, 0.2) is 72.9 Å². The fourth-order valence-corrected chi connectivity index (χ4v) is 7.13. The highest BCUT2D eigenvalue weighted by atomic mass is 35.5. The van der Waals surface area contributed by atoms with Crippen LogP contribution in [0.1, 0.15) is 50.2 Å². The van der Waals surface area contributed by atoms with Gasteiger partial charge in [0.15, 0.2) is 0 Å². The van der Waals surface area contributed by atoms with Gasteiger partial charge in [-0.2, -0.15) is 0 Å². The molecule has 4 atom stereocenters. The number of alkyl halides is 2. The van der Waals surface area contributed by atoms with Gasteiger partial charge in [-0.1, -0.05) is 42.5 Å². The molecule has 0 radical (unpaired) electrons. The monoisotopic (exact) mass is 667 g/mol. The molecule has 1 N–H and O–H groups in total. The Morgan fingerprint density at radius 2 is 1.60 bits per heavy atom. The van der Waals surface area contributed by atoms with Crippen molar-refractivity contribution in [2.45, 2.75) is 29.3 Å². The minimum Gasteiger partial charge on any atom is -0.490 e. The molecule has 3 aliphatic rings. The highest BCUT2D eigenvalue weighted by Crippen LogP contribution is 2.54. The summed E-state index contributed by atoms with van der Waals surface area (Å²) in [6.07, 6.45) is 2.22. The first-order valence-electron chi connectivity index (χ1n) is 13.7. The van der Waals surface area contributed by atoms with Crippen LogP contribution < -0.4 is 4.74 Å². The van der Waals surface area contributed by atoms with Crippen LogP contribution in [0.3, 0.4) is 0 Å². The van der Waals surface area contributed by atoms with E-state index in [2.05, 4.69) is 51.2 Å². The van der Waals surface area contributed by atoms with Gasteiger partial charge in [0.1, 0.15) is 18.5 Å². The molecule has 0 amide bonds. The molecule has 0 spiro atoms. The quantitative estimate of drug-likeness (QED) is 0.195. The van der Waals surface area contributed by atoms with Gasteiger partial charge in [0.2, 0.25) is 0 Å². The lowest BCUT2D eigenvalue weighted by molar-refractivity contribution is 0.0403. The first kappa shape index (κ1) is 33.1. The van der Waals surface area contributed by atoms with E-state index in [9.17, 15) is 5.11 Å². The largest absolute Gasteiger partial charge is 0.490 e. The van der Waals surface area contributed by atoms with E-state index in [4.69, 9.17) is 27.9 Å². The lowest BCUT2D eigenvalue weighted by Gasteiger charge is -2.40. The summed E-state index contributed by atoms with van der Waals surface area (Å²) in [4.78, 5) is 9.28. The number of aromatic nitrogens is 1. The van der Waals surface area contributed by atoms with E-state index in [1.165, 1.54) is 27.8 Å². The van der Waals surface area contributed by atoms with Crippen molar-refractivity contribution in [3.63, 3.8) is 0 Å². The predicted octanol–water partition coefficient (Wildman–Crippen LogP) is 7.12. The second-order valence-electron chi connectivity index (χ2n) is 10.8. The summed E-state index contributed by atoms with van der Waals surface area (Å²) in [6, 6.07) is 22.9. The fourth-order valence-electron chi connectivity index (χ4n) is 6.41. The number of β-amino-alcohol motifs (C(OH)–C–C–N with tert-alkyl or cyclic N) is 1. The molecule has 1 fully saturated rings. The van der Waals surface area contributed by atoms with Crippen molar-refractivity contribution in [3.8, 4) is 5.75 Å². The van der Waals surface area contributed by atoms with Gasteiger partial charge in [0, 0.05) is 44.3 Å². The Balaban J connectivity index is 0.00000135. The van der Waals surface area contributed by atoms with E-state index in [1.54, 1.807) is 6.20 Å². The standard InChI is InChI=1S/C32H31Cl2N3O2.3ClH/c33-30-22-5-1-2-6-23(22)32(25-11-10-20-17-26(20)29(25)31(30)34)37-15-13-36(14-16-37)18-21(38)19-39-28-9-3-8-27-24(28)7-4-12-35-27;;;/h1-12,21,30-32,38H,13-19H2;3*1H/t21-,30?,31?,32?;;;/m1.../s1. The summed E-state index contributed by atoms with van der Waals surface area (Å²) < 4.78 is 6.02. The van der Waals surface area contributed by atoms with Gasteiger partial charge in [0.05, 0.1) is 22.3 Å². The minimum atomic E-state index is -0.577. The van der Waals surface area contributed by atoms with Crippen LogP contribution in [0, 0.1) is 0 Å². The lowest BCUT2D eigenvalue weighted by atomic mass is 9.92. The van der Waals surface area contributed by atoms with Gasteiger partial charge in [0.25, 0.3) is 0 Å². The van der Waals surface area contributed by atoms with Gasteiger partial charge in [-0.05, 0) is 64.1 Å². The number of hydrogen-bond acceptors (Lipinski definition) is 5. The second kappa shape index (κ2) is 13.9. The number of halogens is 5. The van der Waals surface area contributed by atoms with Gasteiger partial charge in [-0.15, -0.1) is 60.4 Å². The fraction of sp³-hybridized carbons (Fsp3) is 0.344. The third-order valence-electron chi connectivity index (χ3n) is 8.42. The van der Waals surface area contributed by atoms with Crippen LogP contribution in [-0.4, -0.2) is 65.3 Å². The summed E-state index contributed by atoms with van der Waals surface area (Å²) in [6.45, 7) is 4.38. The third-order valence-corrected chi connectivity index (χ3v) is 9.51. The molecule has 1 aliphatic heterocycles. The van der Waals surface area contributed by atoms with Gasteiger partial charge in [-0.3, -0.25) is 14.8 Å². The van der Waals surface area contributed by atoms with Crippen molar-refractivity contribution >= 4 is 71.3 Å². The molecule has 2 aliphatic carbocycles. The number of nitrogens with zero attached hydrogens (tertiary/aromatic N) is 3. The average molecular weight is 670 g/mol. The maximum absolute atomic E-state index is 10.8. The molecule has 3 unspecified atom stereocenters. The van der Waals surface area contributed by atoms with Gasteiger partial charge in [-0.25, -0.2) is 0 Å². The number of piperazine rings is 1. The third kappa shape index (κ3) is 6.22. The van der Waals surface area contributed by atoms with Gasteiger partial charge >= 0.3 is 0 Å². The van der Waals surface area contributed by atoms with Crippen LogP contribution in [0.25, 0.3) is 10.9 Å². The number of fused-ring (bicyclic) bond motifs is 5. The molecule has 3 aromatic carbocycles. The van der Waals surface area contributed by atoms with E-state index in [-0.39, 0.29) is 60.6 Å². The number of aliphatic hydroxyl groups is 1. The summed E-state index contributed by atoms with van der Waals surface area (Å²) in [7, 11) is 0. The molecule has 0 saturated carbocycles. The van der Waals surface area contributed by atoms with Crippen molar-refractivity contribution in [2.24, 2.45) is 0 Å². The molecule has 1 saturated heterocycles. The zero-order valence-corrected chi connectivity index (χ0v) is 26.8. The molecule has 10 heteroatoms. The van der Waals surface area contributed by atoms with Crippen LogP contribution in [0.2, 0.25) is 0 Å². The molecule has 224 valence electrons. The lowest BCUT2D eigenvalue weighted by Crippen LogP contribution is -2.50. The molecular formula is C32H34Cl5N3O2. The van der Waals surface area contributed by atoms with E-state index in [0.29, 0.717) is 6.54 Å². The number of aliphatic hydroxyl groups excluding tert-OH is 1. The van der Waals surface area contributed by atoms with Crippen molar-refractivity contribution in [3.05, 3.63) is 106 Å². The zero-order valence-electron chi connectivity index (χ0n) is 22.9. The predicted molar refractivity (Wildman–Crippen MR) is 178 cm³/mol. The highest BCUT2D eigenvalue weighted by molar-refractivity contribution is 6.30. The second-order valence-corrected chi connectivity index (χ2v) is 11.8. The van der Waals surface area contributed by atoms with E-state index < -0.39 is 6.10 Å². The average Bonchev–Trinajstić information content (AvgIpc) is 3.77. The molecule has 5 nitrogen and oxygen atoms in total. The van der Waals surface area contributed by atoms with E-state index >= 15 is 0 Å². The van der Waals surface area contributed by atoms with Crippen LogP contribution in [0.4, 0.5) is 0 Å². The van der Waals surface area contributed by atoms with Gasteiger partial charge < -0.3 is 9.84 Å². The first-order chi connectivity index (χ1) is 19.1. The Morgan fingerprint density at radius 3 is 2.38 bits per heavy atom. The summed E-state index contributed by atoms with van der Waals surface area (Å²) in [5.41, 5.74) is 8.61. The van der Waals surface area contributed by atoms with Crippen molar-refractivity contribution in [1.29, 1.82) is 0 Å². The maximum Gasteiger partial charge on any atom is 0.128 e. The van der Waals surface area contributed by atoms with E-state index in [1.807, 2.05) is 30.3 Å². The summed E-state index contributed by atoms with van der Waals surface area (Å²) >= 11 is 14.1. The molecular weight excluding hydrogens is 636 g/mol. The van der Waals surface area contributed by atoms with Crippen LogP contribution in [0.5, 0.6) is 5.75 Å². The SMILES string of the molecule is Cl.Cl.Cl.O[C@@H](COc1cccc2ncccc12)CN1CCN(C2c3ccccc3C(Cl)C(Cl)c3c2ccc2c3C2)CC1. The smallest absolute Gasteiger partial charge is 0.128 e. The normalized spacial score (nSPS) is 21.7. The highest BCUT2D eigenvalue weighted by Gasteiger charge is 2.40. The number of pyridine rings is 1. The maximum atomic E-state index is 10.8. The Kier molecular flexibility index (Phi) is 10.9. The molecule has 4 aromatic rings. The number of rotatable bonds is 6. The number of benzene rings is 3. The molecule has 2 heterocycles. The van der Waals surface area contributed by atoms with E-state index in [0.717, 1.165) is 54.8 Å². The summed E-state index contributed by atoms with van der Waals surface area (Å²) in [5, 5.41) is 11.3. The minimum absolute atomic E-state index is 0. The van der Waals surface area contributed by atoms with Crippen molar-refractivity contribution < 1.29 is 9.84 Å². The van der Waals surface area contributed by atoms with Crippen LogP contribution >= 0.6 is 60.4 Å². The van der Waals surface area contributed by atoms with Crippen molar-refractivity contribution in [1.82, 2.24) is 14.8 Å². The molecule has 7 rings (SSSR count).